The lowest BCUT2D eigenvalue weighted by atomic mass is 10.1. The summed E-state index contributed by atoms with van der Waals surface area (Å²) in [5.74, 6) is 0. The molecule has 0 atom stereocenters. The van der Waals surface area contributed by atoms with E-state index >= 15 is 0 Å². The molecule has 0 spiro atoms. The van der Waals surface area contributed by atoms with Crippen molar-refractivity contribution in [1.82, 2.24) is 9.80 Å². The van der Waals surface area contributed by atoms with Gasteiger partial charge in [0.05, 0.1) is 4.92 Å². The molecular weight excluding hydrogens is 278 g/mol. The van der Waals surface area contributed by atoms with E-state index < -0.39 is 0 Å². The van der Waals surface area contributed by atoms with Crippen molar-refractivity contribution in [2.75, 3.05) is 39.8 Å². The van der Waals surface area contributed by atoms with Gasteiger partial charge in [-0.05, 0) is 38.6 Å². The van der Waals surface area contributed by atoms with Crippen molar-refractivity contribution >= 4 is 17.3 Å². The Morgan fingerprint density at radius 3 is 2.65 bits per heavy atom. The molecule has 1 aromatic rings. The molecule has 0 bridgehead atoms. The van der Waals surface area contributed by atoms with Gasteiger partial charge in [-0.2, -0.15) is 0 Å². The molecule has 1 saturated heterocycles. The highest BCUT2D eigenvalue weighted by Crippen LogP contribution is 2.24. The molecule has 1 fully saturated rings. The van der Waals surface area contributed by atoms with Crippen LogP contribution >= 0.6 is 11.6 Å². The summed E-state index contributed by atoms with van der Waals surface area (Å²) in [5, 5.41) is 11.5. The molecule has 0 aliphatic carbocycles. The standard InChI is InChI=1S/C14H20ClN3O2/c1-16-7-9-17(10-8-16)6-2-3-12-11-13(15)4-5-14(12)18(19)20/h4-5,11H,2-3,6-10H2,1H3. The number of aryl methyl sites for hydroxylation is 1. The molecule has 1 aliphatic heterocycles. The van der Waals surface area contributed by atoms with Crippen LogP contribution in [0, 0.1) is 10.1 Å². The van der Waals surface area contributed by atoms with Crippen LogP contribution in [-0.4, -0.2) is 54.5 Å². The molecule has 110 valence electrons. The number of likely N-dealkylation sites (N-methyl/N-ethyl adjacent to an activating group) is 1. The van der Waals surface area contributed by atoms with Gasteiger partial charge in [0.1, 0.15) is 0 Å². The van der Waals surface area contributed by atoms with Gasteiger partial charge in [0.2, 0.25) is 0 Å². The minimum atomic E-state index is -0.332. The van der Waals surface area contributed by atoms with E-state index in [1.165, 1.54) is 6.07 Å². The molecule has 1 aliphatic rings. The maximum atomic E-state index is 11.0. The van der Waals surface area contributed by atoms with Crippen LogP contribution < -0.4 is 0 Å². The van der Waals surface area contributed by atoms with E-state index in [1.54, 1.807) is 12.1 Å². The van der Waals surface area contributed by atoms with Crippen molar-refractivity contribution in [1.29, 1.82) is 0 Å². The molecule has 0 unspecified atom stereocenters. The first-order chi connectivity index (χ1) is 9.56. The van der Waals surface area contributed by atoms with E-state index in [1.807, 2.05) is 0 Å². The zero-order valence-corrected chi connectivity index (χ0v) is 12.5. The summed E-state index contributed by atoms with van der Waals surface area (Å²) in [7, 11) is 2.13. The molecule has 0 saturated carbocycles. The molecule has 0 aromatic heterocycles. The Hall–Kier alpha value is -1.17. The van der Waals surface area contributed by atoms with E-state index in [9.17, 15) is 10.1 Å². The van der Waals surface area contributed by atoms with Gasteiger partial charge < -0.3 is 9.80 Å². The van der Waals surface area contributed by atoms with E-state index in [0.29, 0.717) is 11.4 Å². The fourth-order valence-corrected chi connectivity index (χ4v) is 2.69. The van der Waals surface area contributed by atoms with E-state index in [4.69, 9.17) is 11.6 Å². The predicted molar refractivity (Wildman–Crippen MR) is 80.4 cm³/mol. The first-order valence-electron chi connectivity index (χ1n) is 6.90. The fourth-order valence-electron chi connectivity index (χ4n) is 2.50. The maximum Gasteiger partial charge on any atom is 0.272 e. The van der Waals surface area contributed by atoms with Crippen LogP contribution in [-0.2, 0) is 6.42 Å². The zero-order valence-electron chi connectivity index (χ0n) is 11.7. The van der Waals surface area contributed by atoms with E-state index in [0.717, 1.165) is 44.7 Å². The Morgan fingerprint density at radius 1 is 1.30 bits per heavy atom. The maximum absolute atomic E-state index is 11.0. The summed E-state index contributed by atoms with van der Waals surface area (Å²) in [4.78, 5) is 15.4. The Balaban J connectivity index is 1.87. The molecule has 20 heavy (non-hydrogen) atoms. The molecule has 6 heteroatoms. The van der Waals surface area contributed by atoms with Crippen LogP contribution in [0.25, 0.3) is 0 Å². The highest BCUT2D eigenvalue weighted by atomic mass is 35.5. The van der Waals surface area contributed by atoms with Crippen LogP contribution in [0.15, 0.2) is 18.2 Å². The second kappa shape index (κ2) is 7.02. The SMILES string of the molecule is CN1CCN(CCCc2cc(Cl)ccc2[N+](=O)[O-])CC1. The lowest BCUT2D eigenvalue weighted by molar-refractivity contribution is -0.385. The number of nitro groups is 1. The smallest absolute Gasteiger partial charge is 0.272 e. The normalized spacial score (nSPS) is 17.3. The van der Waals surface area contributed by atoms with Gasteiger partial charge >= 0.3 is 0 Å². The fraction of sp³-hybridized carbons (Fsp3) is 0.571. The molecule has 0 N–H and O–H groups in total. The highest BCUT2D eigenvalue weighted by Gasteiger charge is 2.16. The predicted octanol–water partition coefficient (Wildman–Crippen LogP) is 2.43. The average Bonchev–Trinajstić information content (AvgIpc) is 2.41. The van der Waals surface area contributed by atoms with Gasteiger partial charge in [-0.3, -0.25) is 10.1 Å². The van der Waals surface area contributed by atoms with Crippen molar-refractivity contribution < 1.29 is 4.92 Å². The zero-order chi connectivity index (χ0) is 14.5. The van der Waals surface area contributed by atoms with Gasteiger partial charge in [0, 0.05) is 42.8 Å². The number of hydrogen-bond donors (Lipinski definition) is 0. The van der Waals surface area contributed by atoms with Gasteiger partial charge in [0.25, 0.3) is 5.69 Å². The summed E-state index contributed by atoms with van der Waals surface area (Å²) in [6.45, 7) is 5.33. The quantitative estimate of drug-likeness (QED) is 0.619. The molecule has 0 amide bonds. The molecule has 1 heterocycles. The van der Waals surface area contributed by atoms with Gasteiger partial charge in [-0.1, -0.05) is 11.6 Å². The second-order valence-corrected chi connectivity index (χ2v) is 5.72. The van der Waals surface area contributed by atoms with Crippen LogP contribution in [0.3, 0.4) is 0 Å². The van der Waals surface area contributed by atoms with Crippen LogP contribution in [0.2, 0.25) is 5.02 Å². The first kappa shape index (κ1) is 15.2. The van der Waals surface area contributed by atoms with Gasteiger partial charge in [0.15, 0.2) is 0 Å². The highest BCUT2D eigenvalue weighted by molar-refractivity contribution is 6.30. The van der Waals surface area contributed by atoms with Gasteiger partial charge in [-0.15, -0.1) is 0 Å². The minimum Gasteiger partial charge on any atom is -0.304 e. The third-order valence-corrected chi connectivity index (χ3v) is 3.99. The summed E-state index contributed by atoms with van der Waals surface area (Å²) in [6, 6.07) is 4.78. The monoisotopic (exact) mass is 297 g/mol. The first-order valence-corrected chi connectivity index (χ1v) is 7.28. The lowest BCUT2D eigenvalue weighted by Gasteiger charge is -2.32. The molecule has 1 aromatic carbocycles. The van der Waals surface area contributed by atoms with E-state index in [2.05, 4.69) is 16.8 Å². The van der Waals surface area contributed by atoms with Crippen molar-refractivity contribution in [3.8, 4) is 0 Å². The van der Waals surface area contributed by atoms with Crippen LogP contribution in [0.5, 0.6) is 0 Å². The largest absolute Gasteiger partial charge is 0.304 e. The van der Waals surface area contributed by atoms with Crippen molar-refractivity contribution in [2.24, 2.45) is 0 Å². The van der Waals surface area contributed by atoms with Crippen LogP contribution in [0.4, 0.5) is 5.69 Å². The number of benzene rings is 1. The Labute approximate surface area is 124 Å². The van der Waals surface area contributed by atoms with Crippen molar-refractivity contribution in [3.63, 3.8) is 0 Å². The molecular formula is C14H20ClN3O2. The Bertz CT molecular complexity index is 473. The number of piperazine rings is 1. The lowest BCUT2D eigenvalue weighted by Crippen LogP contribution is -2.44. The molecule has 5 nitrogen and oxygen atoms in total. The second-order valence-electron chi connectivity index (χ2n) is 5.28. The van der Waals surface area contributed by atoms with Crippen molar-refractivity contribution in [3.05, 3.63) is 38.9 Å². The number of nitro benzene ring substituents is 1. The van der Waals surface area contributed by atoms with Crippen molar-refractivity contribution in [2.45, 2.75) is 12.8 Å². The van der Waals surface area contributed by atoms with Crippen LogP contribution in [0.1, 0.15) is 12.0 Å². The Morgan fingerprint density at radius 2 is 2.00 bits per heavy atom. The summed E-state index contributed by atoms with van der Waals surface area (Å²) in [6.07, 6.45) is 1.62. The summed E-state index contributed by atoms with van der Waals surface area (Å²) >= 11 is 5.93. The molecule has 2 rings (SSSR count). The Kier molecular flexibility index (Phi) is 5.34. The van der Waals surface area contributed by atoms with E-state index in [-0.39, 0.29) is 10.6 Å². The molecule has 0 radical (unpaired) electrons. The third kappa shape index (κ3) is 4.16. The third-order valence-electron chi connectivity index (χ3n) is 3.75. The topological polar surface area (TPSA) is 49.6 Å². The summed E-state index contributed by atoms with van der Waals surface area (Å²) < 4.78 is 0. The minimum absolute atomic E-state index is 0.174. The number of nitrogens with zero attached hydrogens (tertiary/aromatic N) is 3. The number of halogens is 1. The van der Waals surface area contributed by atoms with Gasteiger partial charge in [-0.25, -0.2) is 0 Å². The summed E-state index contributed by atoms with van der Waals surface area (Å²) in [5.41, 5.74) is 0.907. The number of hydrogen-bond acceptors (Lipinski definition) is 4. The average molecular weight is 298 g/mol. The number of rotatable bonds is 5.